The lowest BCUT2D eigenvalue weighted by atomic mass is 10.1. The lowest BCUT2D eigenvalue weighted by Crippen LogP contribution is -2.38. The summed E-state index contributed by atoms with van der Waals surface area (Å²) in [5.41, 5.74) is -1.10. The molecule has 0 unspecified atom stereocenters. The lowest BCUT2D eigenvalue weighted by Gasteiger charge is -2.22. The molecule has 5 nitrogen and oxygen atoms in total. The average molecular weight is 382 g/mol. The Hall–Kier alpha value is -1.78. The molecule has 0 saturated carbocycles. The van der Waals surface area contributed by atoms with E-state index in [9.17, 15) is 9.59 Å². The number of nitrogens with one attached hydrogen (secondary N) is 1. The first-order valence-electron chi connectivity index (χ1n) is 9.94. The van der Waals surface area contributed by atoms with Crippen LogP contribution in [0.5, 0.6) is 0 Å². The van der Waals surface area contributed by atoms with Crippen LogP contribution in [0, 0.1) is 0 Å². The number of rotatable bonds is 11. The van der Waals surface area contributed by atoms with Crippen LogP contribution in [0.15, 0.2) is 24.8 Å². The van der Waals surface area contributed by atoms with E-state index < -0.39 is 23.3 Å². The minimum Gasteiger partial charge on any atom is -0.457 e. The van der Waals surface area contributed by atoms with Crippen molar-refractivity contribution < 1.29 is 19.1 Å². The van der Waals surface area contributed by atoms with E-state index in [1.165, 1.54) is 18.9 Å². The molecule has 0 aromatic rings. The first-order valence-corrected chi connectivity index (χ1v) is 9.94. The molecule has 0 fully saturated rings. The normalized spacial score (nSPS) is 13.3. The van der Waals surface area contributed by atoms with E-state index in [1.807, 2.05) is 47.6 Å². The number of ether oxygens (including phenoxy) is 2. The van der Waals surface area contributed by atoms with Gasteiger partial charge in [0.25, 0.3) is 0 Å². The monoisotopic (exact) mass is 381 g/mol. The third-order valence-electron chi connectivity index (χ3n) is 3.50. The molecule has 1 N–H and O–H groups in total. The summed E-state index contributed by atoms with van der Waals surface area (Å²) in [5, 5.41) is 2.83. The van der Waals surface area contributed by atoms with Crippen molar-refractivity contribution in [2.75, 3.05) is 0 Å². The number of esters is 1. The molecular formula is C22H39NO4. The summed E-state index contributed by atoms with van der Waals surface area (Å²) in [5.74, 6) is -0.414. The van der Waals surface area contributed by atoms with Crippen molar-refractivity contribution in [2.24, 2.45) is 0 Å². The van der Waals surface area contributed by atoms with Crippen LogP contribution in [0.25, 0.3) is 0 Å². The Morgan fingerprint density at radius 2 is 1.48 bits per heavy atom. The molecule has 0 aliphatic rings. The number of allylic oxidation sites excluding steroid dienone is 1. The number of carbonyl (C=O) groups excluding carboxylic acids is 2. The highest BCUT2D eigenvalue weighted by Crippen LogP contribution is 2.12. The molecule has 0 aliphatic carbocycles. The zero-order chi connectivity index (χ0) is 20.9. The standard InChI is InChI=1S/C22H39NO4/c1-8-9-10-11-12-13-14-15-18(23-20(25)27-22(5,6)7)16-17-19(24)26-21(2,3)4/h8,16-18H,1,9-15H2,2-7H3,(H,23,25)/b17-16+/t18-/m1/s1. The Morgan fingerprint density at radius 3 is 2.04 bits per heavy atom. The van der Waals surface area contributed by atoms with Gasteiger partial charge in [-0.3, -0.25) is 0 Å². The molecule has 1 amide bonds. The van der Waals surface area contributed by atoms with Crippen LogP contribution in [0.1, 0.15) is 86.5 Å². The van der Waals surface area contributed by atoms with Crippen molar-refractivity contribution >= 4 is 12.1 Å². The fourth-order valence-electron chi connectivity index (χ4n) is 2.39. The van der Waals surface area contributed by atoms with Gasteiger partial charge >= 0.3 is 12.1 Å². The SMILES string of the molecule is C=CCCCCCCC[C@H](/C=C/C(=O)OC(C)(C)C)NC(=O)OC(C)(C)C. The van der Waals surface area contributed by atoms with Gasteiger partial charge < -0.3 is 14.8 Å². The van der Waals surface area contributed by atoms with Crippen molar-refractivity contribution in [1.82, 2.24) is 5.32 Å². The first-order chi connectivity index (χ1) is 12.4. The zero-order valence-corrected chi connectivity index (χ0v) is 18.1. The number of hydrogen-bond acceptors (Lipinski definition) is 4. The molecule has 0 aromatic heterocycles. The van der Waals surface area contributed by atoms with Gasteiger partial charge in [-0.05, 0) is 60.8 Å². The van der Waals surface area contributed by atoms with Gasteiger partial charge in [0, 0.05) is 6.08 Å². The Bertz CT molecular complexity index is 484. The summed E-state index contributed by atoms with van der Waals surface area (Å²) >= 11 is 0. The molecule has 0 spiro atoms. The highest BCUT2D eigenvalue weighted by Gasteiger charge is 2.19. The topological polar surface area (TPSA) is 64.6 Å². The third-order valence-corrected chi connectivity index (χ3v) is 3.50. The van der Waals surface area contributed by atoms with Crippen LogP contribution in [-0.4, -0.2) is 29.3 Å². The Morgan fingerprint density at radius 1 is 0.926 bits per heavy atom. The fraction of sp³-hybridized carbons (Fsp3) is 0.727. The summed E-state index contributed by atoms with van der Waals surface area (Å²) in [6.45, 7) is 14.7. The predicted octanol–water partition coefficient (Wildman–Crippen LogP) is 5.69. The molecule has 0 aromatic carbocycles. The minimum atomic E-state index is -0.561. The summed E-state index contributed by atoms with van der Waals surface area (Å²) < 4.78 is 10.6. The number of alkyl carbamates (subject to hydrolysis) is 1. The van der Waals surface area contributed by atoms with E-state index in [-0.39, 0.29) is 6.04 Å². The lowest BCUT2D eigenvalue weighted by molar-refractivity contribution is -0.148. The maximum absolute atomic E-state index is 12.1. The van der Waals surface area contributed by atoms with Gasteiger partial charge in [-0.2, -0.15) is 0 Å². The van der Waals surface area contributed by atoms with Gasteiger partial charge in [-0.1, -0.05) is 37.8 Å². The van der Waals surface area contributed by atoms with E-state index in [0.717, 1.165) is 32.1 Å². The molecule has 0 rings (SSSR count). The van der Waals surface area contributed by atoms with E-state index >= 15 is 0 Å². The highest BCUT2D eigenvalue weighted by atomic mass is 16.6. The van der Waals surface area contributed by atoms with Gasteiger partial charge in [-0.25, -0.2) is 9.59 Å². The molecule has 0 bridgehead atoms. The van der Waals surface area contributed by atoms with Crippen molar-refractivity contribution in [3.05, 3.63) is 24.8 Å². The van der Waals surface area contributed by atoms with E-state index in [0.29, 0.717) is 0 Å². The Balaban J connectivity index is 4.58. The largest absolute Gasteiger partial charge is 0.457 e. The zero-order valence-electron chi connectivity index (χ0n) is 18.1. The Labute approximate surface area is 165 Å². The highest BCUT2D eigenvalue weighted by molar-refractivity contribution is 5.82. The van der Waals surface area contributed by atoms with E-state index in [2.05, 4.69) is 11.9 Å². The molecule has 0 aliphatic heterocycles. The van der Waals surface area contributed by atoms with Crippen LogP contribution >= 0.6 is 0 Å². The summed E-state index contributed by atoms with van der Waals surface area (Å²) in [6.07, 6.45) is 11.9. The van der Waals surface area contributed by atoms with Crippen LogP contribution in [0.3, 0.4) is 0 Å². The molecular weight excluding hydrogens is 342 g/mol. The minimum absolute atomic E-state index is 0.263. The molecule has 0 saturated heterocycles. The van der Waals surface area contributed by atoms with E-state index in [1.54, 1.807) is 6.08 Å². The molecule has 5 heteroatoms. The van der Waals surface area contributed by atoms with Crippen LogP contribution in [-0.2, 0) is 14.3 Å². The van der Waals surface area contributed by atoms with Gasteiger partial charge in [0.05, 0.1) is 6.04 Å². The smallest absolute Gasteiger partial charge is 0.408 e. The van der Waals surface area contributed by atoms with Crippen LogP contribution in [0.4, 0.5) is 4.79 Å². The molecule has 156 valence electrons. The summed E-state index contributed by atoms with van der Waals surface area (Å²) in [6, 6.07) is -0.263. The molecule has 0 radical (unpaired) electrons. The average Bonchev–Trinajstić information content (AvgIpc) is 2.47. The number of hydrogen-bond donors (Lipinski definition) is 1. The van der Waals surface area contributed by atoms with Crippen molar-refractivity contribution in [3.8, 4) is 0 Å². The van der Waals surface area contributed by atoms with Crippen molar-refractivity contribution in [3.63, 3.8) is 0 Å². The molecule has 0 heterocycles. The van der Waals surface area contributed by atoms with Gasteiger partial charge in [0.15, 0.2) is 0 Å². The number of unbranched alkanes of at least 4 members (excludes halogenated alkanes) is 5. The second kappa shape index (κ2) is 12.6. The predicted molar refractivity (Wildman–Crippen MR) is 111 cm³/mol. The van der Waals surface area contributed by atoms with Crippen molar-refractivity contribution in [1.29, 1.82) is 0 Å². The summed E-state index contributed by atoms with van der Waals surface area (Å²) in [7, 11) is 0. The molecule has 1 atom stereocenters. The van der Waals surface area contributed by atoms with Crippen LogP contribution < -0.4 is 5.32 Å². The second-order valence-electron chi connectivity index (χ2n) is 8.78. The molecule has 27 heavy (non-hydrogen) atoms. The number of carbonyl (C=O) groups is 2. The van der Waals surface area contributed by atoms with Gasteiger partial charge in [-0.15, -0.1) is 6.58 Å². The summed E-state index contributed by atoms with van der Waals surface area (Å²) in [4.78, 5) is 24.0. The fourth-order valence-corrected chi connectivity index (χ4v) is 2.39. The maximum Gasteiger partial charge on any atom is 0.408 e. The number of amides is 1. The van der Waals surface area contributed by atoms with Gasteiger partial charge in [0.1, 0.15) is 11.2 Å². The second-order valence-corrected chi connectivity index (χ2v) is 8.78. The quantitative estimate of drug-likeness (QED) is 0.216. The van der Waals surface area contributed by atoms with Crippen molar-refractivity contribution in [2.45, 2.75) is 104 Å². The first kappa shape index (κ1) is 25.2. The third kappa shape index (κ3) is 17.4. The van der Waals surface area contributed by atoms with E-state index in [4.69, 9.17) is 9.47 Å². The van der Waals surface area contributed by atoms with Crippen LogP contribution in [0.2, 0.25) is 0 Å². The Kier molecular flexibility index (Phi) is 11.7. The maximum atomic E-state index is 12.1. The van der Waals surface area contributed by atoms with Gasteiger partial charge in [0.2, 0.25) is 0 Å².